The van der Waals surface area contributed by atoms with Crippen molar-refractivity contribution in [3.63, 3.8) is 0 Å². The van der Waals surface area contributed by atoms with Gasteiger partial charge >= 0.3 is 5.69 Å². The molecule has 9 nitrogen and oxygen atoms in total. The number of likely N-dealkylation sites (N-methyl/N-ethyl adjacent to an activating group) is 2. The molecule has 2 heterocycles. The van der Waals surface area contributed by atoms with Gasteiger partial charge in [-0.2, -0.15) is 0 Å². The van der Waals surface area contributed by atoms with Crippen molar-refractivity contribution in [3.8, 4) is 11.6 Å². The Hall–Kier alpha value is -3.85. The number of aryl methyl sites for hydroxylation is 1. The average molecular weight is 465 g/mol. The minimum absolute atomic E-state index is 0.279. The molecule has 178 valence electrons. The fourth-order valence-electron chi connectivity index (χ4n) is 3.90. The molecule has 9 heteroatoms. The van der Waals surface area contributed by atoms with Crippen LogP contribution in [0.25, 0.3) is 16.9 Å². The Bertz CT molecular complexity index is 1480. The zero-order valence-electron chi connectivity index (χ0n) is 22.8. The fourth-order valence-corrected chi connectivity index (χ4v) is 3.90. The van der Waals surface area contributed by atoms with Gasteiger partial charge in [-0.15, -0.1) is 0 Å². The van der Waals surface area contributed by atoms with Crippen LogP contribution >= 0.6 is 0 Å². The van der Waals surface area contributed by atoms with Gasteiger partial charge in [0.25, 0.3) is 0 Å². The van der Waals surface area contributed by atoms with Crippen molar-refractivity contribution < 1.29 is 8.85 Å². The molecule has 0 aliphatic rings. The van der Waals surface area contributed by atoms with Gasteiger partial charge in [0, 0.05) is 55.5 Å². The van der Waals surface area contributed by atoms with E-state index in [9.17, 15) is 4.79 Å². The maximum Gasteiger partial charge on any atom is 0.334 e. The number of benzene rings is 2. The van der Waals surface area contributed by atoms with Crippen LogP contribution in [0.4, 0.5) is 11.4 Å². The Morgan fingerprint density at radius 2 is 1.88 bits per heavy atom. The van der Waals surface area contributed by atoms with Crippen molar-refractivity contribution in [1.29, 1.82) is 0 Å². The second-order valence-corrected chi connectivity index (χ2v) is 8.40. The fraction of sp³-hybridized carbons (Fsp3) is 0.320. The van der Waals surface area contributed by atoms with Crippen LogP contribution in [0.1, 0.15) is 15.5 Å². The van der Waals surface area contributed by atoms with E-state index in [1.165, 1.54) is 4.57 Å². The number of nitrogens with zero attached hydrogens (tertiary/aromatic N) is 6. The molecule has 0 saturated carbocycles. The molecule has 4 rings (SSSR count). The Balaban J connectivity index is 1.72. The maximum atomic E-state index is 13.2. The predicted octanol–water partition coefficient (Wildman–Crippen LogP) is 2.30. The van der Waals surface area contributed by atoms with Crippen molar-refractivity contribution in [2.24, 2.45) is 6.98 Å². The summed E-state index contributed by atoms with van der Waals surface area (Å²) in [6, 6.07) is 12.1. The summed E-state index contributed by atoms with van der Waals surface area (Å²) in [6.07, 6.45) is 1.85. The summed E-state index contributed by atoms with van der Waals surface area (Å²) in [4.78, 5) is 26.4. The van der Waals surface area contributed by atoms with Crippen molar-refractivity contribution in [3.05, 3.63) is 70.5 Å². The van der Waals surface area contributed by atoms with E-state index in [-0.39, 0.29) is 5.82 Å². The van der Waals surface area contributed by atoms with Crippen LogP contribution in [-0.4, -0.2) is 65.3 Å². The summed E-state index contributed by atoms with van der Waals surface area (Å²) in [7, 11) is 7.61. The first-order valence-electron chi connectivity index (χ1n) is 12.4. The number of imidazole rings is 1. The first-order chi connectivity index (χ1) is 17.5. The molecule has 0 bridgehead atoms. The number of para-hydroxylation sites is 2. The number of aromatic nitrogens is 4. The lowest BCUT2D eigenvalue weighted by Gasteiger charge is -2.24. The molecule has 2 N–H and O–H groups in total. The van der Waals surface area contributed by atoms with Crippen LogP contribution in [0, 0.1) is 0 Å². The number of nitrogens with two attached hydrogens (primary N) is 1. The number of hydrogen-bond donors (Lipinski definition) is 1. The monoisotopic (exact) mass is 464 g/mol. The topological polar surface area (TPSA) is 94.4 Å². The summed E-state index contributed by atoms with van der Waals surface area (Å²) in [6.45, 7) is -0.966. The molecule has 0 atom stereocenters. The van der Waals surface area contributed by atoms with E-state index in [2.05, 4.69) is 19.8 Å². The average Bonchev–Trinajstić information content (AvgIpc) is 3.15. The van der Waals surface area contributed by atoms with Crippen LogP contribution in [0.2, 0.25) is 0 Å². The summed E-state index contributed by atoms with van der Waals surface area (Å²) in [5.41, 5.74) is 8.70. The van der Waals surface area contributed by atoms with Crippen LogP contribution in [0.15, 0.2) is 53.5 Å². The van der Waals surface area contributed by atoms with Crippen LogP contribution in [-0.2, 0) is 13.4 Å². The highest BCUT2D eigenvalue weighted by Gasteiger charge is 2.16. The summed E-state index contributed by atoms with van der Waals surface area (Å²) < 4.78 is 31.3. The number of hydrogen-bond acceptors (Lipinski definition) is 7. The lowest BCUT2D eigenvalue weighted by atomic mass is 10.1. The van der Waals surface area contributed by atoms with E-state index in [1.807, 2.05) is 33.3 Å². The van der Waals surface area contributed by atoms with E-state index in [4.69, 9.17) is 14.6 Å². The first-order valence-corrected chi connectivity index (χ1v) is 10.9. The van der Waals surface area contributed by atoms with Crippen molar-refractivity contribution >= 4 is 22.4 Å². The number of ether oxygens (including phenoxy) is 1. The van der Waals surface area contributed by atoms with Crippen LogP contribution in [0.5, 0.6) is 5.75 Å². The Kier molecular flexibility index (Phi) is 5.51. The lowest BCUT2D eigenvalue weighted by Crippen LogP contribution is -2.29. The molecule has 2 aromatic heterocycles. The van der Waals surface area contributed by atoms with Crippen molar-refractivity contribution in [1.82, 2.24) is 24.0 Å². The van der Waals surface area contributed by atoms with Crippen molar-refractivity contribution in [2.75, 3.05) is 52.0 Å². The molecule has 0 spiro atoms. The molecule has 0 saturated heterocycles. The molecule has 34 heavy (non-hydrogen) atoms. The number of anilines is 2. The largest absolute Gasteiger partial charge is 0.496 e. The quantitative estimate of drug-likeness (QED) is 0.400. The molecule has 2 aromatic carbocycles. The molecular weight excluding hydrogens is 430 g/mol. The third-order valence-corrected chi connectivity index (χ3v) is 5.74. The van der Waals surface area contributed by atoms with Gasteiger partial charge in [-0.25, -0.2) is 19.3 Å². The van der Waals surface area contributed by atoms with Gasteiger partial charge in [0.2, 0.25) is 0 Å². The number of fused-ring (bicyclic) bond motifs is 1. The third-order valence-electron chi connectivity index (χ3n) is 5.74. The van der Waals surface area contributed by atoms with E-state index in [1.54, 1.807) is 43.6 Å². The van der Waals surface area contributed by atoms with Gasteiger partial charge in [-0.3, -0.25) is 4.57 Å². The predicted molar refractivity (Wildman–Crippen MR) is 136 cm³/mol. The van der Waals surface area contributed by atoms with Gasteiger partial charge in [0.05, 0.1) is 29.5 Å². The highest BCUT2D eigenvalue weighted by atomic mass is 16.5. The second-order valence-electron chi connectivity index (χ2n) is 8.40. The normalized spacial score (nSPS) is 13.0. The SMILES string of the molecule is [2H]C([2H])([2H])n1c(=O)n(-c2ccnc(Cc3cc(N)c(N(C)CCN(C)C)cc3OC)n2)c2ccccc21. The maximum absolute atomic E-state index is 13.2. The molecule has 0 radical (unpaired) electrons. The van der Waals surface area contributed by atoms with Gasteiger partial charge in [-0.1, -0.05) is 12.1 Å². The third kappa shape index (κ3) is 4.47. The highest BCUT2D eigenvalue weighted by molar-refractivity contribution is 5.77. The molecule has 4 aromatic rings. The minimum Gasteiger partial charge on any atom is -0.496 e. The van der Waals surface area contributed by atoms with Gasteiger partial charge in [-0.05, 0) is 38.4 Å². The summed E-state index contributed by atoms with van der Waals surface area (Å²) >= 11 is 0. The molecule has 0 amide bonds. The Labute approximate surface area is 203 Å². The molecule has 0 fully saturated rings. The molecule has 0 aliphatic heterocycles. The molecule has 0 unspecified atom stereocenters. The Morgan fingerprint density at radius 3 is 2.59 bits per heavy atom. The first kappa shape index (κ1) is 19.6. The lowest BCUT2D eigenvalue weighted by molar-refractivity contribution is 0.409. The smallest absolute Gasteiger partial charge is 0.334 e. The minimum atomic E-state index is -2.63. The zero-order chi connectivity index (χ0) is 26.9. The molecule has 0 aliphatic carbocycles. The second kappa shape index (κ2) is 9.56. The van der Waals surface area contributed by atoms with Gasteiger partial charge in [0.1, 0.15) is 17.4 Å². The van der Waals surface area contributed by atoms with E-state index in [0.29, 0.717) is 34.7 Å². The Morgan fingerprint density at radius 1 is 1.12 bits per heavy atom. The molecular formula is C25H31N7O2. The van der Waals surface area contributed by atoms with Gasteiger partial charge < -0.3 is 20.3 Å². The highest BCUT2D eigenvalue weighted by Crippen LogP contribution is 2.32. The zero-order valence-corrected chi connectivity index (χ0v) is 19.8. The summed E-state index contributed by atoms with van der Waals surface area (Å²) in [5, 5.41) is 0. The number of nitrogen functional groups attached to an aromatic ring is 1. The van der Waals surface area contributed by atoms with Crippen molar-refractivity contribution in [2.45, 2.75) is 6.42 Å². The van der Waals surface area contributed by atoms with Gasteiger partial charge in [0.15, 0.2) is 0 Å². The number of rotatable bonds is 8. The van der Waals surface area contributed by atoms with E-state index >= 15 is 0 Å². The number of methoxy groups -OCH3 is 1. The van der Waals surface area contributed by atoms with Crippen LogP contribution in [0.3, 0.4) is 0 Å². The van der Waals surface area contributed by atoms with E-state index < -0.39 is 12.7 Å². The standard InChI is InChI=1S/C25H31N7O2/c1-29(2)12-13-30(3)21-16-22(34-5)17(14-18(21)26)15-23-27-11-10-24(28-23)32-20-9-7-6-8-19(20)31(4)25(32)33/h6-11,14,16H,12-13,15,26H2,1-5H3/i4D3. The summed E-state index contributed by atoms with van der Waals surface area (Å²) in [5.74, 6) is 1.36. The van der Waals surface area contributed by atoms with Crippen LogP contribution < -0.4 is 21.1 Å². The van der Waals surface area contributed by atoms with E-state index in [0.717, 1.165) is 28.9 Å².